The highest BCUT2D eigenvalue weighted by Crippen LogP contribution is 2.23. The normalized spacial score (nSPS) is 16.6. The smallest absolute Gasteiger partial charge is 0.405 e. The summed E-state index contributed by atoms with van der Waals surface area (Å²) in [6.07, 6.45) is -0.728. The average Bonchev–Trinajstić information content (AvgIpc) is 3.38. The molecule has 1 aliphatic heterocycles. The Balaban J connectivity index is 1.63. The van der Waals surface area contributed by atoms with Crippen LogP contribution in [-0.4, -0.2) is 47.0 Å². The van der Waals surface area contributed by atoms with E-state index in [1.165, 1.54) is 22.3 Å². The van der Waals surface area contributed by atoms with Crippen molar-refractivity contribution in [1.82, 2.24) is 15.2 Å². The Kier molecular flexibility index (Phi) is 7.32. The zero-order valence-electron chi connectivity index (χ0n) is 16.8. The molecule has 166 valence electrons. The van der Waals surface area contributed by atoms with Crippen molar-refractivity contribution < 1.29 is 27.5 Å². The molecule has 0 radical (unpaired) electrons. The van der Waals surface area contributed by atoms with Gasteiger partial charge < -0.3 is 15.0 Å². The number of rotatable bonds is 7. The van der Waals surface area contributed by atoms with E-state index in [1.807, 2.05) is 23.7 Å². The molecule has 1 aliphatic rings. The first-order valence-corrected chi connectivity index (χ1v) is 10.6. The van der Waals surface area contributed by atoms with E-state index >= 15 is 0 Å². The lowest BCUT2D eigenvalue weighted by Crippen LogP contribution is -2.47. The molecule has 3 rings (SSSR count). The minimum absolute atomic E-state index is 0.288. The van der Waals surface area contributed by atoms with E-state index in [9.17, 15) is 22.8 Å². The van der Waals surface area contributed by atoms with Gasteiger partial charge in [-0.05, 0) is 31.9 Å². The maximum absolute atomic E-state index is 12.6. The molecular formula is C21H22F3N3O3S. The summed E-state index contributed by atoms with van der Waals surface area (Å²) in [6.45, 7) is 1.10. The molecule has 0 aliphatic carbocycles. The second-order valence-electron chi connectivity index (χ2n) is 7.04. The van der Waals surface area contributed by atoms with E-state index in [1.54, 1.807) is 24.3 Å². The molecule has 1 atom stereocenters. The number of alkyl halides is 3. The number of aromatic nitrogens is 1. The first-order chi connectivity index (χ1) is 14.7. The number of likely N-dealkylation sites (tertiary alicyclic amines) is 1. The van der Waals surface area contributed by atoms with E-state index < -0.39 is 30.6 Å². The maximum Gasteiger partial charge on any atom is 0.405 e. The van der Waals surface area contributed by atoms with E-state index in [2.05, 4.69) is 4.98 Å². The lowest BCUT2D eigenvalue weighted by molar-refractivity contribution is -0.143. The molecule has 1 aromatic carbocycles. The van der Waals surface area contributed by atoms with Crippen molar-refractivity contribution in [3.63, 3.8) is 0 Å². The third-order valence-corrected chi connectivity index (χ3v) is 5.49. The fraction of sp³-hybridized carbons (Fsp3) is 0.381. The zero-order valence-corrected chi connectivity index (χ0v) is 17.6. The van der Waals surface area contributed by atoms with Crippen molar-refractivity contribution in [1.29, 1.82) is 0 Å². The van der Waals surface area contributed by atoms with Crippen LogP contribution in [-0.2, 0) is 16.2 Å². The molecule has 31 heavy (non-hydrogen) atoms. The Morgan fingerprint density at radius 3 is 2.84 bits per heavy atom. The van der Waals surface area contributed by atoms with E-state index in [4.69, 9.17) is 4.74 Å². The van der Waals surface area contributed by atoms with Gasteiger partial charge in [-0.3, -0.25) is 9.59 Å². The molecule has 0 saturated carbocycles. The molecule has 0 bridgehead atoms. The molecular weight excluding hydrogens is 431 g/mol. The number of hydrogen-bond acceptors (Lipinski definition) is 5. The third-order valence-electron chi connectivity index (χ3n) is 4.67. The number of amides is 2. The van der Waals surface area contributed by atoms with Gasteiger partial charge in [-0.1, -0.05) is 18.2 Å². The quantitative estimate of drug-likeness (QED) is 0.649. The molecule has 6 nitrogen and oxygen atoms in total. The molecule has 1 fully saturated rings. The van der Waals surface area contributed by atoms with Crippen molar-refractivity contribution in [2.75, 3.05) is 13.1 Å². The first kappa shape index (κ1) is 22.8. The van der Waals surface area contributed by atoms with Crippen LogP contribution in [0.15, 0.2) is 35.7 Å². The SMILES string of the molecule is Cc1nc(COc2ccccc2C=CC(=O)N2CCCC2C(=O)NCC(F)(F)F)cs1. The number of carbonyl (C=O) groups is 2. The van der Waals surface area contributed by atoms with Gasteiger partial charge in [0.2, 0.25) is 11.8 Å². The third kappa shape index (κ3) is 6.55. The molecule has 10 heteroatoms. The van der Waals surface area contributed by atoms with Crippen LogP contribution in [0.3, 0.4) is 0 Å². The minimum Gasteiger partial charge on any atom is -0.487 e. The van der Waals surface area contributed by atoms with Crippen LogP contribution >= 0.6 is 11.3 Å². The number of thiazole rings is 1. The fourth-order valence-electron chi connectivity index (χ4n) is 3.24. The molecule has 0 spiro atoms. The van der Waals surface area contributed by atoms with Crippen LogP contribution in [0.4, 0.5) is 13.2 Å². The van der Waals surface area contributed by atoms with Crippen molar-refractivity contribution >= 4 is 29.2 Å². The van der Waals surface area contributed by atoms with Gasteiger partial charge in [0, 0.05) is 23.6 Å². The summed E-state index contributed by atoms with van der Waals surface area (Å²) in [7, 11) is 0. The van der Waals surface area contributed by atoms with Gasteiger partial charge in [-0.15, -0.1) is 11.3 Å². The van der Waals surface area contributed by atoms with Crippen LogP contribution < -0.4 is 10.1 Å². The molecule has 1 saturated heterocycles. The maximum atomic E-state index is 12.6. The minimum atomic E-state index is -4.50. The highest BCUT2D eigenvalue weighted by atomic mass is 32.1. The second-order valence-corrected chi connectivity index (χ2v) is 8.10. The summed E-state index contributed by atoms with van der Waals surface area (Å²) in [5.74, 6) is -0.661. The number of carbonyl (C=O) groups excluding carboxylic acids is 2. The lowest BCUT2D eigenvalue weighted by Gasteiger charge is -2.23. The van der Waals surface area contributed by atoms with Crippen LogP contribution in [0, 0.1) is 6.92 Å². The number of ether oxygens (including phenoxy) is 1. The van der Waals surface area contributed by atoms with Crippen molar-refractivity contribution in [2.24, 2.45) is 0 Å². The van der Waals surface area contributed by atoms with Crippen LogP contribution in [0.2, 0.25) is 0 Å². The number of nitrogens with zero attached hydrogens (tertiary/aromatic N) is 2. The summed E-state index contributed by atoms with van der Waals surface area (Å²) in [5.41, 5.74) is 1.47. The fourth-order valence-corrected chi connectivity index (χ4v) is 3.84. The Labute approximate surface area is 181 Å². The predicted octanol–water partition coefficient (Wildman–Crippen LogP) is 3.71. The molecule has 1 unspecified atom stereocenters. The number of benzene rings is 1. The zero-order chi connectivity index (χ0) is 22.4. The number of hydrogen-bond donors (Lipinski definition) is 1. The van der Waals surface area contributed by atoms with Gasteiger partial charge in [0.1, 0.15) is 24.9 Å². The Hall–Kier alpha value is -2.88. The summed E-state index contributed by atoms with van der Waals surface area (Å²) in [4.78, 5) is 30.4. The Morgan fingerprint density at radius 1 is 1.35 bits per heavy atom. The highest BCUT2D eigenvalue weighted by molar-refractivity contribution is 7.09. The highest BCUT2D eigenvalue weighted by Gasteiger charge is 2.35. The van der Waals surface area contributed by atoms with Gasteiger partial charge in [0.25, 0.3) is 0 Å². The lowest BCUT2D eigenvalue weighted by atomic mass is 10.1. The van der Waals surface area contributed by atoms with Gasteiger partial charge in [0.05, 0.1) is 10.7 Å². The molecule has 1 N–H and O–H groups in total. The summed E-state index contributed by atoms with van der Waals surface area (Å²) in [6, 6.07) is 6.25. The predicted molar refractivity (Wildman–Crippen MR) is 110 cm³/mol. The standard InChI is InChI=1S/C21H22F3N3O3S/c1-14-26-16(12-31-14)11-30-18-7-3-2-5-15(18)8-9-19(28)27-10-4-6-17(27)20(29)25-13-21(22,23)24/h2-3,5,7-9,12,17H,4,6,10-11,13H2,1H3,(H,25,29). The van der Waals surface area contributed by atoms with Crippen molar-refractivity contribution in [3.05, 3.63) is 52.0 Å². The number of nitrogens with one attached hydrogen (secondary N) is 1. The molecule has 2 heterocycles. The van der Waals surface area contributed by atoms with Gasteiger partial charge in [-0.2, -0.15) is 13.2 Å². The Morgan fingerprint density at radius 2 is 2.13 bits per heavy atom. The van der Waals surface area contributed by atoms with Crippen molar-refractivity contribution in [3.8, 4) is 5.75 Å². The van der Waals surface area contributed by atoms with Crippen LogP contribution in [0.1, 0.15) is 29.1 Å². The monoisotopic (exact) mass is 453 g/mol. The summed E-state index contributed by atoms with van der Waals surface area (Å²) in [5, 5.41) is 4.71. The number of aryl methyl sites for hydroxylation is 1. The largest absolute Gasteiger partial charge is 0.487 e. The van der Waals surface area contributed by atoms with Crippen molar-refractivity contribution in [2.45, 2.75) is 38.6 Å². The second kappa shape index (κ2) is 9.95. The van der Waals surface area contributed by atoms with E-state index in [-0.39, 0.29) is 6.61 Å². The Bertz CT molecular complexity index is 959. The topological polar surface area (TPSA) is 71.5 Å². The molecule has 2 aromatic rings. The van der Waals surface area contributed by atoms with E-state index in [0.29, 0.717) is 30.7 Å². The first-order valence-electron chi connectivity index (χ1n) is 9.69. The summed E-state index contributed by atoms with van der Waals surface area (Å²) >= 11 is 1.53. The average molecular weight is 453 g/mol. The number of halogens is 3. The van der Waals surface area contributed by atoms with Gasteiger partial charge in [0.15, 0.2) is 0 Å². The van der Waals surface area contributed by atoms with Gasteiger partial charge >= 0.3 is 6.18 Å². The van der Waals surface area contributed by atoms with E-state index in [0.717, 1.165) is 10.7 Å². The summed E-state index contributed by atoms with van der Waals surface area (Å²) < 4.78 is 42.9. The van der Waals surface area contributed by atoms with Crippen LogP contribution in [0.25, 0.3) is 6.08 Å². The van der Waals surface area contributed by atoms with Crippen LogP contribution in [0.5, 0.6) is 5.75 Å². The molecule has 1 aromatic heterocycles. The molecule has 2 amide bonds. The van der Waals surface area contributed by atoms with Gasteiger partial charge in [-0.25, -0.2) is 4.98 Å². The number of para-hydroxylation sites is 1.